The van der Waals surface area contributed by atoms with Gasteiger partial charge in [-0.3, -0.25) is 14.5 Å². The number of hydrogen-bond acceptors (Lipinski definition) is 4. The molecule has 1 saturated heterocycles. The molecule has 2 fully saturated rings. The highest BCUT2D eigenvalue weighted by molar-refractivity contribution is 6.31. The lowest BCUT2D eigenvalue weighted by Gasteiger charge is -2.35. The van der Waals surface area contributed by atoms with Gasteiger partial charge in [-0.15, -0.1) is 0 Å². The molecule has 1 unspecified atom stereocenters. The van der Waals surface area contributed by atoms with E-state index in [1.54, 1.807) is 0 Å². The van der Waals surface area contributed by atoms with Crippen LogP contribution in [-0.2, 0) is 14.3 Å². The monoisotopic (exact) mass is 392 g/mol. The van der Waals surface area contributed by atoms with Gasteiger partial charge in [-0.1, -0.05) is 29.8 Å². The molecule has 0 bridgehead atoms. The van der Waals surface area contributed by atoms with Gasteiger partial charge in [0.15, 0.2) is 0 Å². The number of carbonyl (C=O) groups excluding carboxylic acids is 2. The number of rotatable bonds is 7. The van der Waals surface area contributed by atoms with Gasteiger partial charge in [-0.05, 0) is 51.2 Å². The smallest absolute Gasteiger partial charge is 0.309 e. The van der Waals surface area contributed by atoms with Crippen molar-refractivity contribution in [2.45, 2.75) is 51.6 Å². The van der Waals surface area contributed by atoms with Gasteiger partial charge in [0.05, 0.1) is 19.1 Å². The third-order valence-corrected chi connectivity index (χ3v) is 6.00. The van der Waals surface area contributed by atoms with Crippen LogP contribution in [0.15, 0.2) is 24.3 Å². The van der Waals surface area contributed by atoms with Crippen LogP contribution in [0, 0.1) is 5.92 Å². The van der Waals surface area contributed by atoms with E-state index in [1.807, 2.05) is 36.1 Å². The van der Waals surface area contributed by atoms with Gasteiger partial charge in [0, 0.05) is 30.2 Å². The average molecular weight is 393 g/mol. The number of esters is 1. The van der Waals surface area contributed by atoms with Gasteiger partial charge >= 0.3 is 5.97 Å². The summed E-state index contributed by atoms with van der Waals surface area (Å²) in [5, 5.41) is 0.748. The second-order valence-electron chi connectivity index (χ2n) is 7.51. The first-order valence-electron chi connectivity index (χ1n) is 9.95. The largest absolute Gasteiger partial charge is 0.466 e. The summed E-state index contributed by atoms with van der Waals surface area (Å²) in [7, 11) is 0. The van der Waals surface area contributed by atoms with E-state index in [0.29, 0.717) is 45.1 Å². The van der Waals surface area contributed by atoms with Gasteiger partial charge in [0.1, 0.15) is 0 Å². The summed E-state index contributed by atoms with van der Waals surface area (Å²) in [4.78, 5) is 29.0. The van der Waals surface area contributed by atoms with E-state index in [-0.39, 0.29) is 23.8 Å². The average Bonchev–Trinajstić information content (AvgIpc) is 3.51. The zero-order valence-corrected chi connectivity index (χ0v) is 17.0. The van der Waals surface area contributed by atoms with Crippen LogP contribution in [0.1, 0.15) is 51.1 Å². The van der Waals surface area contributed by atoms with Crippen molar-refractivity contribution in [1.29, 1.82) is 0 Å². The molecule has 0 aromatic heterocycles. The van der Waals surface area contributed by atoms with E-state index < -0.39 is 0 Å². The Kier molecular flexibility index (Phi) is 6.77. The summed E-state index contributed by atoms with van der Waals surface area (Å²) in [6.07, 6.45) is 3.64. The topological polar surface area (TPSA) is 49.9 Å². The van der Waals surface area contributed by atoms with Crippen LogP contribution in [0.4, 0.5) is 0 Å². The zero-order valence-electron chi connectivity index (χ0n) is 16.2. The maximum absolute atomic E-state index is 12.9. The lowest BCUT2D eigenvalue weighted by molar-refractivity contribution is -0.151. The fourth-order valence-electron chi connectivity index (χ4n) is 3.86. The number of benzene rings is 1. The van der Waals surface area contributed by atoms with Crippen molar-refractivity contribution in [3.63, 3.8) is 0 Å². The molecule has 148 valence electrons. The molecule has 1 aliphatic heterocycles. The van der Waals surface area contributed by atoms with Crippen LogP contribution in [0.3, 0.4) is 0 Å². The lowest BCUT2D eigenvalue weighted by Crippen LogP contribution is -2.46. The second-order valence-corrected chi connectivity index (χ2v) is 7.92. The summed E-state index contributed by atoms with van der Waals surface area (Å²) in [6.45, 7) is 6.01. The predicted octanol–water partition coefficient (Wildman–Crippen LogP) is 3.67. The van der Waals surface area contributed by atoms with Crippen molar-refractivity contribution in [1.82, 2.24) is 9.80 Å². The Hall–Kier alpha value is -1.59. The SMILES string of the molecule is CCOC(=O)C1CCN(C(=O)CN(C2CC2)C(C)c2ccccc2Cl)CC1. The van der Waals surface area contributed by atoms with Gasteiger partial charge in [0.25, 0.3) is 0 Å². The molecular weight excluding hydrogens is 364 g/mol. The molecular formula is C21H29ClN2O3. The summed E-state index contributed by atoms with van der Waals surface area (Å²) in [5.41, 5.74) is 1.07. The molecule has 0 spiro atoms. The number of likely N-dealkylation sites (tertiary alicyclic amines) is 1. The van der Waals surface area contributed by atoms with Crippen molar-refractivity contribution < 1.29 is 14.3 Å². The number of carbonyl (C=O) groups is 2. The molecule has 1 aliphatic carbocycles. The first-order chi connectivity index (χ1) is 13.0. The van der Waals surface area contributed by atoms with Gasteiger partial charge in [-0.25, -0.2) is 0 Å². The first kappa shape index (κ1) is 20.2. The Morgan fingerprint density at radius 1 is 1.22 bits per heavy atom. The number of ether oxygens (including phenoxy) is 1. The Balaban J connectivity index is 1.59. The maximum Gasteiger partial charge on any atom is 0.309 e. The third kappa shape index (κ3) is 5.02. The van der Waals surface area contributed by atoms with Crippen LogP contribution in [0.25, 0.3) is 0 Å². The van der Waals surface area contributed by atoms with E-state index in [2.05, 4.69) is 11.8 Å². The molecule has 0 N–H and O–H groups in total. The molecule has 1 amide bonds. The molecule has 5 nitrogen and oxygen atoms in total. The second kappa shape index (κ2) is 9.07. The highest BCUT2D eigenvalue weighted by Crippen LogP contribution is 2.36. The van der Waals surface area contributed by atoms with Gasteiger partial charge in [0.2, 0.25) is 5.91 Å². The lowest BCUT2D eigenvalue weighted by atomic mass is 9.97. The Morgan fingerprint density at radius 3 is 2.48 bits per heavy atom. The van der Waals surface area contributed by atoms with E-state index in [1.165, 1.54) is 0 Å². The van der Waals surface area contributed by atoms with Crippen LogP contribution in [0.2, 0.25) is 5.02 Å². The highest BCUT2D eigenvalue weighted by Gasteiger charge is 2.36. The van der Waals surface area contributed by atoms with Crippen LogP contribution < -0.4 is 0 Å². The fraction of sp³-hybridized carbons (Fsp3) is 0.619. The minimum absolute atomic E-state index is 0.0735. The number of amides is 1. The quantitative estimate of drug-likeness (QED) is 0.664. The molecule has 1 atom stereocenters. The Morgan fingerprint density at radius 2 is 1.89 bits per heavy atom. The molecule has 1 aromatic rings. The number of nitrogens with zero attached hydrogens (tertiary/aromatic N) is 2. The highest BCUT2D eigenvalue weighted by atomic mass is 35.5. The number of piperidine rings is 1. The normalized spacial score (nSPS) is 19.2. The van der Waals surface area contributed by atoms with Crippen molar-refractivity contribution in [2.75, 3.05) is 26.2 Å². The Labute approximate surface area is 166 Å². The van der Waals surface area contributed by atoms with E-state index in [4.69, 9.17) is 16.3 Å². The van der Waals surface area contributed by atoms with Crippen molar-refractivity contribution in [2.24, 2.45) is 5.92 Å². The minimum Gasteiger partial charge on any atom is -0.466 e. The van der Waals surface area contributed by atoms with Crippen LogP contribution >= 0.6 is 11.6 Å². The van der Waals surface area contributed by atoms with E-state index in [9.17, 15) is 9.59 Å². The van der Waals surface area contributed by atoms with Crippen LogP contribution in [-0.4, -0.2) is 54.0 Å². The van der Waals surface area contributed by atoms with E-state index >= 15 is 0 Å². The van der Waals surface area contributed by atoms with Gasteiger partial charge in [-0.2, -0.15) is 0 Å². The maximum atomic E-state index is 12.9. The molecule has 1 saturated carbocycles. The number of halogens is 1. The first-order valence-corrected chi connectivity index (χ1v) is 10.3. The summed E-state index contributed by atoms with van der Waals surface area (Å²) in [6, 6.07) is 8.42. The number of hydrogen-bond donors (Lipinski definition) is 0. The molecule has 27 heavy (non-hydrogen) atoms. The minimum atomic E-state index is -0.128. The van der Waals surface area contributed by atoms with Crippen molar-refractivity contribution >= 4 is 23.5 Å². The Bertz CT molecular complexity index is 669. The third-order valence-electron chi connectivity index (χ3n) is 5.65. The molecule has 3 rings (SSSR count). The van der Waals surface area contributed by atoms with Gasteiger partial charge < -0.3 is 9.64 Å². The summed E-state index contributed by atoms with van der Waals surface area (Å²) in [5.74, 6) is -0.0600. The fourth-order valence-corrected chi connectivity index (χ4v) is 4.16. The molecule has 1 aromatic carbocycles. The predicted molar refractivity (Wildman–Crippen MR) is 106 cm³/mol. The standard InChI is InChI=1S/C21H29ClN2O3/c1-3-27-21(26)16-10-12-23(13-11-16)20(25)14-24(17-8-9-17)15(2)18-6-4-5-7-19(18)22/h4-7,15-17H,3,8-14H2,1-2H3. The van der Waals surface area contributed by atoms with E-state index in [0.717, 1.165) is 23.4 Å². The van der Waals surface area contributed by atoms with Crippen molar-refractivity contribution in [3.05, 3.63) is 34.9 Å². The summed E-state index contributed by atoms with van der Waals surface area (Å²) < 4.78 is 5.11. The van der Waals surface area contributed by atoms with Crippen molar-refractivity contribution in [3.8, 4) is 0 Å². The molecule has 0 radical (unpaired) electrons. The van der Waals surface area contributed by atoms with Crippen LogP contribution in [0.5, 0.6) is 0 Å². The summed E-state index contributed by atoms with van der Waals surface area (Å²) >= 11 is 6.38. The molecule has 1 heterocycles. The molecule has 2 aliphatic rings. The zero-order chi connectivity index (χ0) is 19.4. The molecule has 6 heteroatoms.